The molecule has 16 heavy (non-hydrogen) atoms. The van der Waals surface area contributed by atoms with E-state index in [0.717, 1.165) is 5.92 Å². The summed E-state index contributed by atoms with van der Waals surface area (Å²) in [5.41, 5.74) is 0. The van der Waals surface area contributed by atoms with E-state index in [1.807, 2.05) is 13.8 Å². The Morgan fingerprint density at radius 3 is 1.88 bits per heavy atom. The predicted molar refractivity (Wildman–Crippen MR) is 60.2 cm³/mol. The molecule has 0 saturated carbocycles. The zero-order chi connectivity index (χ0) is 12.0. The van der Waals surface area contributed by atoms with E-state index in [4.69, 9.17) is 0 Å². The number of carbonyl (C=O) groups is 2. The summed E-state index contributed by atoms with van der Waals surface area (Å²) in [5.74, 6) is 1.23. The molecule has 0 heterocycles. The first-order valence-electron chi connectivity index (χ1n) is 5.09. The Kier molecular flexibility index (Phi) is 10.5. The normalized spacial score (nSPS) is 9.62. The minimum Gasteiger partial charge on any atom is -0.346 e. The Morgan fingerprint density at radius 1 is 1.06 bits per heavy atom. The van der Waals surface area contributed by atoms with Crippen LogP contribution in [-0.4, -0.2) is 48.8 Å². The van der Waals surface area contributed by atoms with Gasteiger partial charge in [0.2, 0.25) is 5.91 Å². The third-order valence-electron chi connectivity index (χ3n) is 2.24. The number of nitrogens with zero attached hydrogens (tertiary/aromatic N) is 2. The quantitative estimate of drug-likeness (QED) is 0.709. The Hall–Kier alpha value is 0.0439. The monoisotopic (exact) mass is 302 g/mol. The fourth-order valence-electron chi connectivity index (χ4n) is 1.02. The molecule has 0 aliphatic rings. The van der Waals surface area contributed by atoms with Crippen molar-refractivity contribution in [2.24, 2.45) is 0 Å². The SMILES string of the molecule is CC(=O)N(C)CCN(C)C(=O)C[C-](C)C.[Y]. The molecule has 0 aliphatic heterocycles. The molecule has 0 spiro atoms. The van der Waals surface area contributed by atoms with Crippen LogP contribution in [0.1, 0.15) is 27.2 Å². The van der Waals surface area contributed by atoms with Crippen LogP contribution in [0.5, 0.6) is 0 Å². The van der Waals surface area contributed by atoms with Crippen molar-refractivity contribution >= 4 is 11.8 Å². The predicted octanol–water partition coefficient (Wildman–Crippen LogP) is 0.925. The van der Waals surface area contributed by atoms with Crippen LogP contribution in [0.2, 0.25) is 0 Å². The Bertz CT molecular complexity index is 232. The Morgan fingerprint density at radius 2 is 1.50 bits per heavy atom. The van der Waals surface area contributed by atoms with E-state index in [1.54, 1.807) is 23.9 Å². The first kappa shape index (κ1) is 18.4. The Labute approximate surface area is 124 Å². The van der Waals surface area contributed by atoms with E-state index >= 15 is 0 Å². The molecule has 91 valence electrons. The summed E-state index contributed by atoms with van der Waals surface area (Å²) >= 11 is 0. The van der Waals surface area contributed by atoms with Gasteiger partial charge < -0.3 is 15.7 Å². The van der Waals surface area contributed by atoms with Gasteiger partial charge in [-0.1, -0.05) is 6.42 Å². The average Bonchev–Trinajstić information content (AvgIpc) is 2.12. The summed E-state index contributed by atoms with van der Waals surface area (Å²) in [4.78, 5) is 25.7. The van der Waals surface area contributed by atoms with Gasteiger partial charge in [-0.2, -0.15) is 13.8 Å². The van der Waals surface area contributed by atoms with Gasteiger partial charge in [0.15, 0.2) is 5.91 Å². The van der Waals surface area contributed by atoms with Gasteiger partial charge in [-0.15, -0.1) is 0 Å². The van der Waals surface area contributed by atoms with Crippen LogP contribution < -0.4 is 0 Å². The minimum atomic E-state index is 0. The molecule has 0 unspecified atom stereocenters. The van der Waals surface area contributed by atoms with Gasteiger partial charge in [-0.05, 0) is 0 Å². The summed E-state index contributed by atoms with van der Waals surface area (Å²) in [6, 6.07) is 0. The number of rotatable bonds is 5. The van der Waals surface area contributed by atoms with Crippen molar-refractivity contribution in [2.75, 3.05) is 27.2 Å². The summed E-state index contributed by atoms with van der Waals surface area (Å²) in [6.07, 6.45) is 0.486. The van der Waals surface area contributed by atoms with Crippen molar-refractivity contribution in [1.82, 2.24) is 9.80 Å². The van der Waals surface area contributed by atoms with Crippen molar-refractivity contribution in [2.45, 2.75) is 27.2 Å². The molecule has 2 amide bonds. The molecule has 0 aliphatic carbocycles. The van der Waals surface area contributed by atoms with Crippen LogP contribution in [0.15, 0.2) is 0 Å². The second kappa shape index (κ2) is 9.11. The molecule has 0 aromatic heterocycles. The summed E-state index contributed by atoms with van der Waals surface area (Å²) < 4.78 is 0. The first-order valence-corrected chi connectivity index (χ1v) is 5.09. The van der Waals surface area contributed by atoms with Crippen molar-refractivity contribution in [1.29, 1.82) is 0 Å². The molecule has 1 radical (unpaired) electrons. The van der Waals surface area contributed by atoms with E-state index in [1.165, 1.54) is 6.92 Å². The van der Waals surface area contributed by atoms with Gasteiger partial charge in [-0.3, -0.25) is 9.59 Å². The maximum absolute atomic E-state index is 11.5. The second-order valence-corrected chi connectivity index (χ2v) is 4.14. The average molecular weight is 302 g/mol. The van der Waals surface area contributed by atoms with Gasteiger partial charge in [-0.25, -0.2) is 0 Å². The van der Waals surface area contributed by atoms with E-state index < -0.39 is 0 Å². The van der Waals surface area contributed by atoms with E-state index in [0.29, 0.717) is 19.5 Å². The molecule has 0 N–H and O–H groups in total. The molecule has 0 rings (SSSR count). The standard InChI is InChI=1S/C11H21N2O2.Y/c1-9(2)8-11(15)13(5)7-6-12(4)10(3)14;/h6-8H2,1-5H3;/q-1;. The topological polar surface area (TPSA) is 40.6 Å². The van der Waals surface area contributed by atoms with Gasteiger partial charge >= 0.3 is 0 Å². The third-order valence-corrected chi connectivity index (χ3v) is 2.24. The molecular weight excluding hydrogens is 281 g/mol. The van der Waals surface area contributed by atoms with Crippen LogP contribution >= 0.6 is 0 Å². The number of carbonyl (C=O) groups excluding carboxylic acids is 2. The van der Waals surface area contributed by atoms with Crippen molar-refractivity contribution < 1.29 is 42.3 Å². The van der Waals surface area contributed by atoms with Crippen LogP contribution in [0.25, 0.3) is 0 Å². The summed E-state index contributed by atoms with van der Waals surface area (Å²) in [7, 11) is 3.50. The number of hydrogen-bond donors (Lipinski definition) is 0. The Balaban J connectivity index is 0. The smallest absolute Gasteiger partial charge is 0.219 e. The maximum Gasteiger partial charge on any atom is 0.219 e. The molecule has 0 fully saturated rings. The fourth-order valence-corrected chi connectivity index (χ4v) is 1.02. The van der Waals surface area contributed by atoms with Crippen LogP contribution in [-0.2, 0) is 42.3 Å². The van der Waals surface area contributed by atoms with Gasteiger partial charge in [0.05, 0.1) is 0 Å². The minimum absolute atomic E-state index is 0. The number of amides is 2. The van der Waals surface area contributed by atoms with E-state index in [9.17, 15) is 9.59 Å². The van der Waals surface area contributed by atoms with Gasteiger partial charge in [0.1, 0.15) is 0 Å². The molecule has 5 heteroatoms. The van der Waals surface area contributed by atoms with E-state index in [-0.39, 0.29) is 44.5 Å². The molecule has 0 saturated heterocycles. The van der Waals surface area contributed by atoms with Crippen LogP contribution in [0.3, 0.4) is 0 Å². The summed E-state index contributed by atoms with van der Waals surface area (Å²) in [6.45, 7) is 6.56. The molecular formula is C11H21N2O2Y-. The van der Waals surface area contributed by atoms with Crippen LogP contribution in [0, 0.1) is 5.92 Å². The fraction of sp³-hybridized carbons (Fsp3) is 0.727. The second-order valence-electron chi connectivity index (χ2n) is 4.14. The van der Waals surface area contributed by atoms with Crippen LogP contribution in [0.4, 0.5) is 0 Å². The van der Waals surface area contributed by atoms with E-state index in [2.05, 4.69) is 0 Å². The molecule has 0 atom stereocenters. The number of hydrogen-bond acceptors (Lipinski definition) is 2. The molecule has 0 aromatic carbocycles. The maximum atomic E-state index is 11.5. The van der Waals surface area contributed by atoms with Crippen molar-refractivity contribution in [3.8, 4) is 0 Å². The zero-order valence-electron chi connectivity index (χ0n) is 10.9. The molecule has 0 aromatic rings. The number of likely N-dealkylation sites (N-methyl/N-ethyl adjacent to an activating group) is 2. The van der Waals surface area contributed by atoms with Gasteiger partial charge in [0.25, 0.3) is 0 Å². The van der Waals surface area contributed by atoms with Crippen molar-refractivity contribution in [3.05, 3.63) is 5.92 Å². The van der Waals surface area contributed by atoms with Crippen molar-refractivity contribution in [3.63, 3.8) is 0 Å². The zero-order valence-corrected chi connectivity index (χ0v) is 13.7. The largest absolute Gasteiger partial charge is 0.346 e. The molecule has 4 nitrogen and oxygen atoms in total. The van der Waals surface area contributed by atoms with Gasteiger partial charge in [0, 0.05) is 66.8 Å². The summed E-state index contributed by atoms with van der Waals surface area (Å²) in [5, 5.41) is 0. The molecule has 0 bridgehead atoms. The first-order chi connectivity index (χ1) is 6.84. The third kappa shape index (κ3) is 8.23.